The van der Waals surface area contributed by atoms with Crippen molar-refractivity contribution in [3.63, 3.8) is 0 Å². The van der Waals surface area contributed by atoms with Gasteiger partial charge in [-0.2, -0.15) is 0 Å². The van der Waals surface area contributed by atoms with Crippen LogP contribution in [0.3, 0.4) is 0 Å². The van der Waals surface area contributed by atoms with E-state index in [1.165, 1.54) is 90.9 Å². The van der Waals surface area contributed by atoms with Crippen LogP contribution in [-0.4, -0.2) is 30.4 Å². The molecule has 0 fully saturated rings. The highest BCUT2D eigenvalue weighted by Gasteiger charge is 2.11. The number of Topliss-reactive ketones (excluding diaryl/α,β-unsaturated/α-hetero) is 1. The van der Waals surface area contributed by atoms with Crippen LogP contribution in [0.4, 0.5) is 0 Å². The van der Waals surface area contributed by atoms with E-state index in [0.717, 1.165) is 25.0 Å². The summed E-state index contributed by atoms with van der Waals surface area (Å²) in [6.07, 6.45) is 19.1. The van der Waals surface area contributed by atoms with E-state index in [0.29, 0.717) is 6.61 Å². The second kappa shape index (κ2) is 19.7. The number of carbonyl (C=O) groups is 3. The van der Waals surface area contributed by atoms with E-state index in [4.69, 9.17) is 9.47 Å². The summed E-state index contributed by atoms with van der Waals surface area (Å²) in [7, 11) is 0. The first-order valence-corrected chi connectivity index (χ1v) is 11.5. The summed E-state index contributed by atoms with van der Waals surface area (Å²) in [5.74, 6) is -1.53. The average molecular weight is 411 g/mol. The molecule has 0 aromatic heterocycles. The molecule has 1 unspecified atom stereocenters. The van der Waals surface area contributed by atoms with Crippen molar-refractivity contribution in [2.75, 3.05) is 6.61 Å². The van der Waals surface area contributed by atoms with Crippen LogP contribution < -0.4 is 0 Å². The van der Waals surface area contributed by atoms with Crippen LogP contribution in [-0.2, 0) is 23.9 Å². The number of esters is 2. The third kappa shape index (κ3) is 19.4. The minimum absolute atomic E-state index is 0.243. The molecule has 0 bridgehead atoms. The number of ether oxygens (including phenoxy) is 2. The maximum atomic E-state index is 11.5. The topological polar surface area (TPSA) is 69.7 Å². The molecule has 5 heteroatoms. The molecular weight excluding hydrogens is 368 g/mol. The average Bonchev–Trinajstić information content (AvgIpc) is 2.69. The second-order valence-electron chi connectivity index (χ2n) is 7.79. The molecule has 29 heavy (non-hydrogen) atoms. The Morgan fingerprint density at radius 2 is 1.10 bits per heavy atom. The molecule has 0 amide bonds. The Labute approximate surface area is 177 Å². The Kier molecular flexibility index (Phi) is 18.5. The van der Waals surface area contributed by atoms with Gasteiger partial charge in [0.2, 0.25) is 0 Å². The van der Waals surface area contributed by atoms with Crippen LogP contribution in [0.5, 0.6) is 0 Å². The fraction of sp³-hybridized carbons (Fsp3) is 0.792. The molecule has 0 aromatic rings. The van der Waals surface area contributed by atoms with Crippen molar-refractivity contribution in [1.82, 2.24) is 0 Å². The molecule has 0 saturated heterocycles. The molecule has 5 nitrogen and oxygen atoms in total. The number of hydrogen-bond acceptors (Lipinski definition) is 5. The summed E-state index contributed by atoms with van der Waals surface area (Å²) in [5.41, 5.74) is 0. The van der Waals surface area contributed by atoms with E-state index < -0.39 is 18.0 Å². The van der Waals surface area contributed by atoms with Crippen molar-refractivity contribution < 1.29 is 23.9 Å². The zero-order chi connectivity index (χ0) is 21.7. The SMILES string of the molecule is CCCCCCCCCCCCCCCCOC(=O)/C=C/C(=O)OC(C)C(C)=O. The molecule has 0 aliphatic rings. The Bertz CT molecular complexity index is 470. The van der Waals surface area contributed by atoms with Crippen LogP contribution in [0.25, 0.3) is 0 Å². The molecule has 0 heterocycles. The fourth-order valence-electron chi connectivity index (χ4n) is 2.95. The predicted molar refractivity (Wildman–Crippen MR) is 117 cm³/mol. The molecule has 0 aliphatic carbocycles. The van der Waals surface area contributed by atoms with Crippen molar-refractivity contribution in [2.45, 2.75) is 117 Å². The fourth-order valence-corrected chi connectivity index (χ4v) is 2.95. The number of hydrogen-bond donors (Lipinski definition) is 0. The number of ketones is 1. The molecule has 0 spiro atoms. The van der Waals surface area contributed by atoms with E-state index in [1.54, 1.807) is 0 Å². The van der Waals surface area contributed by atoms with Crippen molar-refractivity contribution in [3.05, 3.63) is 12.2 Å². The Morgan fingerprint density at radius 3 is 1.55 bits per heavy atom. The monoisotopic (exact) mass is 410 g/mol. The molecule has 1 atom stereocenters. The first-order valence-electron chi connectivity index (χ1n) is 11.5. The molecule has 0 aliphatic heterocycles. The van der Waals surface area contributed by atoms with Crippen LogP contribution in [0, 0.1) is 0 Å². The normalized spacial score (nSPS) is 12.1. The van der Waals surface area contributed by atoms with Gasteiger partial charge < -0.3 is 9.47 Å². The first-order chi connectivity index (χ1) is 14.0. The first kappa shape index (κ1) is 27.4. The quantitative estimate of drug-likeness (QED) is 0.146. The van der Waals surface area contributed by atoms with E-state index in [2.05, 4.69) is 6.92 Å². The molecule has 0 saturated carbocycles. The third-order valence-corrected chi connectivity index (χ3v) is 4.96. The van der Waals surface area contributed by atoms with Gasteiger partial charge in [0, 0.05) is 12.2 Å². The minimum Gasteiger partial charge on any atom is -0.463 e. The second-order valence-corrected chi connectivity index (χ2v) is 7.79. The predicted octanol–water partition coefficient (Wildman–Crippen LogP) is 6.09. The van der Waals surface area contributed by atoms with Gasteiger partial charge in [0.15, 0.2) is 11.9 Å². The highest BCUT2D eigenvalue weighted by atomic mass is 16.5. The molecule has 0 aromatic carbocycles. The van der Waals surface area contributed by atoms with E-state index in [9.17, 15) is 14.4 Å². The van der Waals surface area contributed by atoms with Gasteiger partial charge in [-0.25, -0.2) is 9.59 Å². The lowest BCUT2D eigenvalue weighted by Crippen LogP contribution is -2.20. The van der Waals surface area contributed by atoms with Crippen LogP contribution in [0.1, 0.15) is 111 Å². The lowest BCUT2D eigenvalue weighted by Gasteiger charge is -2.07. The summed E-state index contributed by atoms with van der Waals surface area (Å²) >= 11 is 0. The summed E-state index contributed by atoms with van der Waals surface area (Å²) in [4.78, 5) is 33.9. The van der Waals surface area contributed by atoms with Gasteiger partial charge in [-0.05, 0) is 20.3 Å². The standard InChI is InChI=1S/C24H42O5/c1-4-5-6-7-8-9-10-11-12-13-14-15-16-17-20-28-23(26)18-19-24(27)29-22(3)21(2)25/h18-19,22H,4-17,20H2,1-3H3/b19-18+. The van der Waals surface area contributed by atoms with E-state index >= 15 is 0 Å². The highest BCUT2D eigenvalue weighted by molar-refractivity contribution is 5.93. The van der Waals surface area contributed by atoms with Crippen LogP contribution in [0.2, 0.25) is 0 Å². The lowest BCUT2D eigenvalue weighted by atomic mass is 10.0. The van der Waals surface area contributed by atoms with Crippen molar-refractivity contribution in [3.8, 4) is 0 Å². The van der Waals surface area contributed by atoms with Gasteiger partial charge in [-0.1, -0.05) is 90.4 Å². The zero-order valence-electron chi connectivity index (χ0n) is 18.9. The Balaban J connectivity index is 3.41. The van der Waals surface area contributed by atoms with Crippen molar-refractivity contribution in [1.29, 1.82) is 0 Å². The van der Waals surface area contributed by atoms with Gasteiger partial charge in [0.05, 0.1) is 6.61 Å². The molecule has 0 N–H and O–H groups in total. The summed E-state index contributed by atoms with van der Waals surface area (Å²) < 4.78 is 9.86. The number of unbranched alkanes of at least 4 members (excludes halogenated alkanes) is 13. The molecular formula is C24H42O5. The van der Waals surface area contributed by atoms with E-state index in [-0.39, 0.29) is 5.78 Å². The highest BCUT2D eigenvalue weighted by Crippen LogP contribution is 2.12. The molecule has 0 radical (unpaired) electrons. The van der Waals surface area contributed by atoms with Crippen LogP contribution in [0.15, 0.2) is 12.2 Å². The smallest absolute Gasteiger partial charge is 0.331 e. The van der Waals surface area contributed by atoms with Gasteiger partial charge in [0.1, 0.15) is 0 Å². The Morgan fingerprint density at radius 1 is 0.690 bits per heavy atom. The van der Waals surface area contributed by atoms with Gasteiger partial charge in [0.25, 0.3) is 0 Å². The summed E-state index contributed by atoms with van der Waals surface area (Å²) in [6, 6.07) is 0. The maximum absolute atomic E-state index is 11.5. The van der Waals surface area contributed by atoms with E-state index in [1.807, 2.05) is 0 Å². The summed E-state index contributed by atoms with van der Waals surface area (Å²) in [5, 5.41) is 0. The van der Waals surface area contributed by atoms with Gasteiger partial charge >= 0.3 is 11.9 Å². The zero-order valence-corrected chi connectivity index (χ0v) is 18.9. The molecule has 0 rings (SSSR count). The summed E-state index contributed by atoms with van der Waals surface area (Å²) in [6.45, 7) is 5.44. The minimum atomic E-state index is -0.807. The number of rotatable bonds is 19. The van der Waals surface area contributed by atoms with Gasteiger partial charge in [-0.3, -0.25) is 4.79 Å². The lowest BCUT2D eigenvalue weighted by molar-refractivity contribution is -0.148. The number of carbonyl (C=O) groups excluding carboxylic acids is 3. The van der Waals surface area contributed by atoms with Crippen molar-refractivity contribution in [2.24, 2.45) is 0 Å². The van der Waals surface area contributed by atoms with Crippen LogP contribution >= 0.6 is 0 Å². The molecule has 168 valence electrons. The third-order valence-electron chi connectivity index (χ3n) is 4.96. The van der Waals surface area contributed by atoms with Gasteiger partial charge in [-0.15, -0.1) is 0 Å². The largest absolute Gasteiger partial charge is 0.463 e. The maximum Gasteiger partial charge on any atom is 0.331 e. The van der Waals surface area contributed by atoms with Crippen molar-refractivity contribution >= 4 is 17.7 Å². The Hall–Kier alpha value is -1.65.